The number of rotatable bonds is 6. The smallest absolute Gasteiger partial charge is 0.254 e. The number of H-pyrrole nitrogens is 1. The van der Waals surface area contributed by atoms with E-state index in [4.69, 9.17) is 16.3 Å². The van der Waals surface area contributed by atoms with Crippen LogP contribution >= 0.6 is 11.6 Å². The molecule has 0 spiro atoms. The molecule has 0 saturated carbocycles. The molecule has 1 atom stereocenters. The Morgan fingerprint density at radius 1 is 1.18 bits per heavy atom. The number of halogens is 1. The summed E-state index contributed by atoms with van der Waals surface area (Å²) in [5.41, 5.74) is 1.65. The van der Waals surface area contributed by atoms with Crippen molar-refractivity contribution in [1.82, 2.24) is 15.3 Å². The van der Waals surface area contributed by atoms with Crippen molar-refractivity contribution in [2.45, 2.75) is 19.4 Å². The Morgan fingerprint density at radius 2 is 1.86 bits per heavy atom. The van der Waals surface area contributed by atoms with Crippen molar-refractivity contribution < 1.29 is 9.53 Å². The third-order valence-corrected chi connectivity index (χ3v) is 4.59. The summed E-state index contributed by atoms with van der Waals surface area (Å²) in [7, 11) is 1.60. The van der Waals surface area contributed by atoms with E-state index in [0.717, 1.165) is 16.9 Å². The zero-order chi connectivity index (χ0) is 20.1. The average Bonchev–Trinajstić information content (AvgIpc) is 2.70. The summed E-state index contributed by atoms with van der Waals surface area (Å²) in [6.07, 6.45) is 1.38. The molecule has 0 aliphatic heterocycles. The minimum atomic E-state index is -0.341. The van der Waals surface area contributed by atoms with Gasteiger partial charge in [0.15, 0.2) is 0 Å². The predicted octanol–water partition coefficient (Wildman–Crippen LogP) is 3.52. The van der Waals surface area contributed by atoms with Gasteiger partial charge in [0.1, 0.15) is 11.6 Å². The molecule has 0 aliphatic carbocycles. The summed E-state index contributed by atoms with van der Waals surface area (Å²) in [5, 5.41) is 3.49. The lowest BCUT2D eigenvalue weighted by atomic mass is 10.1. The van der Waals surface area contributed by atoms with E-state index < -0.39 is 0 Å². The van der Waals surface area contributed by atoms with E-state index in [-0.39, 0.29) is 23.9 Å². The van der Waals surface area contributed by atoms with Crippen molar-refractivity contribution >= 4 is 17.5 Å². The minimum Gasteiger partial charge on any atom is -0.497 e. The first kappa shape index (κ1) is 19.6. The normalized spacial score (nSPS) is 11.7. The number of carbonyl (C=O) groups is 1. The maximum Gasteiger partial charge on any atom is 0.254 e. The van der Waals surface area contributed by atoms with Crippen LogP contribution in [0.5, 0.6) is 5.75 Å². The van der Waals surface area contributed by atoms with E-state index >= 15 is 0 Å². The van der Waals surface area contributed by atoms with Gasteiger partial charge in [-0.3, -0.25) is 9.59 Å². The first-order valence-corrected chi connectivity index (χ1v) is 9.11. The van der Waals surface area contributed by atoms with Gasteiger partial charge in [-0.1, -0.05) is 23.7 Å². The van der Waals surface area contributed by atoms with Crippen LogP contribution in [0, 0.1) is 0 Å². The highest BCUT2D eigenvalue weighted by Gasteiger charge is 2.13. The molecule has 3 aromatic rings. The van der Waals surface area contributed by atoms with Gasteiger partial charge in [-0.25, -0.2) is 4.98 Å². The Balaban J connectivity index is 1.66. The van der Waals surface area contributed by atoms with Crippen LogP contribution in [0.1, 0.15) is 24.1 Å². The molecule has 28 heavy (non-hydrogen) atoms. The van der Waals surface area contributed by atoms with Gasteiger partial charge in [0.05, 0.1) is 19.6 Å². The lowest BCUT2D eigenvalue weighted by molar-refractivity contribution is -0.121. The van der Waals surface area contributed by atoms with Gasteiger partial charge in [0, 0.05) is 22.3 Å². The lowest BCUT2D eigenvalue weighted by Crippen LogP contribution is -2.30. The fourth-order valence-electron chi connectivity index (χ4n) is 2.74. The number of amides is 1. The summed E-state index contributed by atoms with van der Waals surface area (Å²) in [4.78, 5) is 31.6. The second-order valence-corrected chi connectivity index (χ2v) is 6.77. The SMILES string of the molecule is COc1ccc([C@H](C)NC(=O)Cc2cnc(-c3ccc(Cl)cc3)[nH]c2=O)cc1. The predicted molar refractivity (Wildman–Crippen MR) is 109 cm³/mol. The summed E-state index contributed by atoms with van der Waals surface area (Å²) in [5.74, 6) is 0.924. The monoisotopic (exact) mass is 397 g/mol. The zero-order valence-corrected chi connectivity index (χ0v) is 16.3. The molecule has 1 aromatic heterocycles. The number of hydrogen-bond donors (Lipinski definition) is 2. The molecule has 3 rings (SSSR count). The minimum absolute atomic E-state index is 0.0519. The molecule has 0 radical (unpaired) electrons. The average molecular weight is 398 g/mol. The van der Waals surface area contributed by atoms with Crippen LogP contribution in [0.2, 0.25) is 5.02 Å². The summed E-state index contributed by atoms with van der Waals surface area (Å²) in [6.45, 7) is 1.88. The lowest BCUT2D eigenvalue weighted by Gasteiger charge is -2.14. The fourth-order valence-corrected chi connectivity index (χ4v) is 2.87. The summed E-state index contributed by atoms with van der Waals surface area (Å²) >= 11 is 5.87. The molecule has 144 valence electrons. The highest BCUT2D eigenvalue weighted by molar-refractivity contribution is 6.30. The molecule has 7 heteroatoms. The molecule has 0 bridgehead atoms. The van der Waals surface area contributed by atoms with E-state index in [1.165, 1.54) is 6.20 Å². The largest absolute Gasteiger partial charge is 0.497 e. The van der Waals surface area contributed by atoms with E-state index in [9.17, 15) is 9.59 Å². The van der Waals surface area contributed by atoms with Crippen molar-refractivity contribution in [1.29, 1.82) is 0 Å². The number of benzene rings is 2. The molecular weight excluding hydrogens is 378 g/mol. The van der Waals surface area contributed by atoms with Crippen LogP contribution in [-0.2, 0) is 11.2 Å². The molecule has 2 aromatic carbocycles. The van der Waals surface area contributed by atoms with Gasteiger partial charge in [0.25, 0.3) is 5.56 Å². The highest BCUT2D eigenvalue weighted by Crippen LogP contribution is 2.18. The highest BCUT2D eigenvalue weighted by atomic mass is 35.5. The maximum atomic E-state index is 12.3. The number of methoxy groups -OCH3 is 1. The van der Waals surface area contributed by atoms with Gasteiger partial charge in [-0.2, -0.15) is 0 Å². The second kappa shape index (κ2) is 8.71. The van der Waals surface area contributed by atoms with E-state index in [1.54, 1.807) is 31.4 Å². The molecule has 0 saturated heterocycles. The van der Waals surface area contributed by atoms with Gasteiger partial charge in [0.2, 0.25) is 5.91 Å². The molecule has 1 heterocycles. The van der Waals surface area contributed by atoms with E-state index in [1.807, 2.05) is 31.2 Å². The third-order valence-electron chi connectivity index (χ3n) is 4.34. The molecular formula is C21H20ClN3O3. The molecule has 0 fully saturated rings. The first-order chi connectivity index (χ1) is 13.5. The Bertz CT molecular complexity index is 1010. The Labute approximate surface area is 167 Å². The van der Waals surface area contributed by atoms with Crippen LogP contribution in [0.4, 0.5) is 0 Å². The van der Waals surface area contributed by atoms with Crippen molar-refractivity contribution in [3.05, 3.63) is 81.2 Å². The van der Waals surface area contributed by atoms with Crippen LogP contribution in [-0.4, -0.2) is 23.0 Å². The number of nitrogens with one attached hydrogen (secondary N) is 2. The quantitative estimate of drug-likeness (QED) is 0.666. The topological polar surface area (TPSA) is 84.1 Å². The molecule has 2 N–H and O–H groups in total. The van der Waals surface area contributed by atoms with Crippen molar-refractivity contribution in [3.8, 4) is 17.1 Å². The second-order valence-electron chi connectivity index (χ2n) is 6.33. The number of aromatic nitrogens is 2. The van der Waals surface area contributed by atoms with Crippen LogP contribution in [0.15, 0.2) is 59.5 Å². The Hall–Kier alpha value is -3.12. The number of nitrogens with zero attached hydrogens (tertiary/aromatic N) is 1. The Kier molecular flexibility index (Phi) is 6.11. The van der Waals surface area contributed by atoms with E-state index in [2.05, 4.69) is 15.3 Å². The van der Waals surface area contributed by atoms with Gasteiger partial charge in [-0.05, 0) is 48.9 Å². The third kappa shape index (κ3) is 4.78. The standard InChI is InChI=1S/C21H20ClN3O3/c1-13(14-5-9-18(28-2)10-6-14)24-19(26)11-16-12-23-20(25-21(16)27)15-3-7-17(22)8-4-15/h3-10,12-13H,11H2,1-2H3,(H,24,26)(H,23,25,27)/t13-/m0/s1. The fraction of sp³-hybridized carbons (Fsp3) is 0.190. The van der Waals surface area contributed by atoms with Crippen LogP contribution in [0.25, 0.3) is 11.4 Å². The summed E-state index contributed by atoms with van der Waals surface area (Å²) in [6, 6.07) is 14.2. The van der Waals surface area contributed by atoms with Crippen molar-refractivity contribution in [2.24, 2.45) is 0 Å². The molecule has 0 aliphatic rings. The van der Waals surface area contributed by atoms with Gasteiger partial charge in [-0.15, -0.1) is 0 Å². The first-order valence-electron chi connectivity index (χ1n) is 8.73. The zero-order valence-electron chi connectivity index (χ0n) is 15.5. The van der Waals surface area contributed by atoms with E-state index in [0.29, 0.717) is 16.4 Å². The number of hydrogen-bond acceptors (Lipinski definition) is 4. The number of ether oxygens (including phenoxy) is 1. The van der Waals surface area contributed by atoms with Crippen LogP contribution in [0.3, 0.4) is 0 Å². The van der Waals surface area contributed by atoms with Gasteiger partial charge < -0.3 is 15.0 Å². The van der Waals surface area contributed by atoms with Gasteiger partial charge >= 0.3 is 0 Å². The Morgan fingerprint density at radius 3 is 2.46 bits per heavy atom. The maximum absolute atomic E-state index is 12.3. The molecule has 1 amide bonds. The number of carbonyl (C=O) groups excluding carboxylic acids is 1. The summed E-state index contributed by atoms with van der Waals surface area (Å²) < 4.78 is 5.13. The molecule has 0 unspecified atom stereocenters. The van der Waals surface area contributed by atoms with Crippen molar-refractivity contribution in [2.75, 3.05) is 7.11 Å². The molecule has 6 nitrogen and oxygen atoms in total. The van der Waals surface area contributed by atoms with Crippen molar-refractivity contribution in [3.63, 3.8) is 0 Å². The number of aromatic amines is 1. The van der Waals surface area contributed by atoms with Crippen LogP contribution < -0.4 is 15.6 Å².